The molecule has 0 bridgehead atoms. The third-order valence-electron chi connectivity index (χ3n) is 6.89. The molecule has 4 rings (SSSR count). The summed E-state index contributed by atoms with van der Waals surface area (Å²) in [7, 11) is 0. The third kappa shape index (κ3) is 1.74. The molecule has 5 heteroatoms. The van der Waals surface area contributed by atoms with E-state index in [4.69, 9.17) is 16.3 Å². The second-order valence-corrected chi connectivity index (χ2v) is 8.68. The highest BCUT2D eigenvalue weighted by molar-refractivity contribution is 6.23. The molecule has 1 aliphatic heterocycles. The smallest absolute Gasteiger partial charge is 0.412 e. The number of amides is 1. The molecule has 0 unspecified atom stereocenters. The van der Waals surface area contributed by atoms with E-state index in [1.807, 2.05) is 31.2 Å². The molecule has 2 fully saturated rings. The molecule has 25 heavy (non-hydrogen) atoms. The summed E-state index contributed by atoms with van der Waals surface area (Å²) in [5.74, 6) is -0.329. The third-order valence-corrected chi connectivity index (χ3v) is 7.52. The van der Waals surface area contributed by atoms with Gasteiger partial charge in [-0.05, 0) is 25.3 Å². The maximum atomic E-state index is 13.5. The summed E-state index contributed by atoms with van der Waals surface area (Å²) in [6.07, 6.45) is 1.84. The number of anilines is 1. The average Bonchev–Trinajstić information content (AvgIpc) is 2.58. The number of Topliss-reactive ketones (excluding diaryl/α,β-unsaturated/α-hetero) is 1. The van der Waals surface area contributed by atoms with Crippen LogP contribution in [-0.4, -0.2) is 17.3 Å². The Morgan fingerprint density at radius 2 is 1.96 bits per heavy atom. The minimum absolute atomic E-state index is 0.0163. The van der Waals surface area contributed by atoms with Crippen LogP contribution in [0.2, 0.25) is 0 Å². The van der Waals surface area contributed by atoms with Crippen molar-refractivity contribution >= 4 is 29.2 Å². The fraction of sp³-hybridized carbons (Fsp3) is 0.500. The van der Waals surface area contributed by atoms with Gasteiger partial charge in [0.2, 0.25) is 0 Å². The van der Waals surface area contributed by atoms with E-state index in [2.05, 4.69) is 25.7 Å². The minimum atomic E-state index is -0.963. The second kappa shape index (κ2) is 4.88. The number of carbonyl (C=O) groups is 2. The van der Waals surface area contributed by atoms with E-state index in [1.54, 1.807) is 6.08 Å². The van der Waals surface area contributed by atoms with Gasteiger partial charge in [-0.1, -0.05) is 38.1 Å². The summed E-state index contributed by atoms with van der Waals surface area (Å²) in [4.78, 5) is 25.8. The number of para-hydroxylation sites is 1. The Balaban J connectivity index is 1.93. The topological polar surface area (TPSA) is 55.4 Å². The molecule has 1 aromatic rings. The Labute approximate surface area is 152 Å². The molecule has 1 amide bonds. The Kier molecular flexibility index (Phi) is 3.25. The molecule has 3 aliphatic rings. The van der Waals surface area contributed by atoms with Crippen molar-refractivity contribution in [3.05, 3.63) is 42.5 Å². The average molecular weight is 360 g/mol. The second-order valence-electron chi connectivity index (χ2n) is 8.16. The lowest BCUT2D eigenvalue weighted by atomic mass is 9.37. The van der Waals surface area contributed by atoms with E-state index >= 15 is 0 Å². The van der Waals surface area contributed by atoms with E-state index in [0.29, 0.717) is 12.1 Å². The molecule has 0 radical (unpaired) electrons. The van der Waals surface area contributed by atoms with E-state index in [1.165, 1.54) is 0 Å². The highest BCUT2D eigenvalue weighted by Crippen LogP contribution is 2.72. The van der Waals surface area contributed by atoms with Gasteiger partial charge in [-0.25, -0.2) is 4.79 Å². The first-order chi connectivity index (χ1) is 11.7. The number of nitrogens with one attached hydrogen (secondary N) is 1. The Bertz CT molecular complexity index is 804. The van der Waals surface area contributed by atoms with Crippen LogP contribution in [0.1, 0.15) is 32.8 Å². The summed E-state index contributed by atoms with van der Waals surface area (Å²) in [5.41, 5.74) is -0.593. The van der Waals surface area contributed by atoms with Crippen molar-refractivity contribution in [2.24, 2.45) is 22.7 Å². The number of alkyl halides is 1. The number of allylic oxidation sites excluding steroid dienone is 1. The fourth-order valence-corrected chi connectivity index (χ4v) is 5.61. The maximum absolute atomic E-state index is 13.5. The number of carbonyl (C=O) groups excluding carboxylic acids is 2. The number of ketones is 1. The maximum Gasteiger partial charge on any atom is 0.412 e. The molecule has 1 aromatic carbocycles. The van der Waals surface area contributed by atoms with Gasteiger partial charge in [-0.2, -0.15) is 0 Å². The molecular formula is C20H22ClNO3. The predicted octanol–water partition coefficient (Wildman–Crippen LogP) is 4.49. The number of fused-ring (bicyclic) bond motifs is 4. The van der Waals surface area contributed by atoms with Crippen LogP contribution in [0.15, 0.2) is 36.9 Å². The van der Waals surface area contributed by atoms with Gasteiger partial charge >= 0.3 is 6.09 Å². The van der Waals surface area contributed by atoms with Gasteiger partial charge in [0.1, 0.15) is 0 Å². The number of hydrogen-bond donors (Lipinski definition) is 1. The Hall–Kier alpha value is -1.81. The van der Waals surface area contributed by atoms with E-state index in [-0.39, 0.29) is 17.1 Å². The predicted molar refractivity (Wildman–Crippen MR) is 96.6 cm³/mol. The van der Waals surface area contributed by atoms with Crippen molar-refractivity contribution in [2.75, 3.05) is 5.32 Å². The lowest BCUT2D eigenvalue weighted by molar-refractivity contribution is -0.260. The number of benzene rings is 1. The van der Waals surface area contributed by atoms with Crippen molar-refractivity contribution in [1.82, 2.24) is 0 Å². The van der Waals surface area contributed by atoms with Crippen LogP contribution in [0.5, 0.6) is 0 Å². The standard InChI is InChI=1S/C20H22ClNO3/c1-5-19(4)14(21)10-12-15(16(19)23)20(18(12,2)3)11-8-6-7-9-13(11)22-17(24)25-20/h5-9,12,14-15H,1,10H2,2-4H3,(H,22,24)/t12-,14+,15-,19+,20+/m0/s1. The molecule has 4 nitrogen and oxygen atoms in total. The summed E-state index contributed by atoms with van der Waals surface area (Å²) in [5, 5.41) is 2.45. The molecule has 2 saturated carbocycles. The highest BCUT2D eigenvalue weighted by atomic mass is 35.5. The first-order valence-electron chi connectivity index (χ1n) is 8.61. The zero-order valence-electron chi connectivity index (χ0n) is 14.6. The first-order valence-corrected chi connectivity index (χ1v) is 9.05. The molecular weight excluding hydrogens is 338 g/mol. The number of ether oxygens (including phenoxy) is 1. The van der Waals surface area contributed by atoms with Gasteiger partial charge in [0, 0.05) is 16.4 Å². The quantitative estimate of drug-likeness (QED) is 0.593. The van der Waals surface area contributed by atoms with Gasteiger partial charge in [-0.15, -0.1) is 18.2 Å². The SMILES string of the molecule is C=C[C@@]1(C)C(=O)[C@@H]2[C@H](C[C@H]1Cl)C(C)(C)[C@]21OC(=O)Nc2ccccc21. The van der Waals surface area contributed by atoms with Crippen LogP contribution in [0.4, 0.5) is 10.5 Å². The number of rotatable bonds is 1. The van der Waals surface area contributed by atoms with Gasteiger partial charge < -0.3 is 4.74 Å². The lowest BCUT2D eigenvalue weighted by Gasteiger charge is -2.69. The molecule has 132 valence electrons. The monoisotopic (exact) mass is 359 g/mol. The number of hydrogen-bond acceptors (Lipinski definition) is 3. The molecule has 1 heterocycles. The first kappa shape index (κ1) is 16.6. The van der Waals surface area contributed by atoms with Crippen LogP contribution in [0, 0.1) is 22.7 Å². The van der Waals surface area contributed by atoms with Crippen molar-refractivity contribution in [3.8, 4) is 0 Å². The van der Waals surface area contributed by atoms with Crippen molar-refractivity contribution < 1.29 is 14.3 Å². The largest absolute Gasteiger partial charge is 0.436 e. The zero-order valence-corrected chi connectivity index (χ0v) is 15.4. The van der Waals surface area contributed by atoms with Gasteiger partial charge in [0.15, 0.2) is 11.4 Å². The number of halogens is 1. The highest BCUT2D eigenvalue weighted by Gasteiger charge is 2.77. The van der Waals surface area contributed by atoms with Crippen LogP contribution in [0.25, 0.3) is 0 Å². The molecule has 1 spiro atoms. The van der Waals surface area contributed by atoms with Crippen LogP contribution in [0.3, 0.4) is 0 Å². The molecule has 0 aromatic heterocycles. The summed E-state index contributed by atoms with van der Waals surface area (Å²) < 4.78 is 5.92. The van der Waals surface area contributed by atoms with Gasteiger partial charge in [0.25, 0.3) is 0 Å². The van der Waals surface area contributed by atoms with Crippen molar-refractivity contribution in [1.29, 1.82) is 0 Å². The summed E-state index contributed by atoms with van der Waals surface area (Å²) in [6, 6.07) is 7.57. The molecule has 2 aliphatic carbocycles. The van der Waals surface area contributed by atoms with E-state index in [9.17, 15) is 9.59 Å². The van der Waals surface area contributed by atoms with Crippen molar-refractivity contribution in [3.63, 3.8) is 0 Å². The van der Waals surface area contributed by atoms with Crippen LogP contribution < -0.4 is 5.32 Å². The van der Waals surface area contributed by atoms with Gasteiger partial charge in [0.05, 0.1) is 17.0 Å². The van der Waals surface area contributed by atoms with Crippen LogP contribution in [-0.2, 0) is 15.1 Å². The minimum Gasteiger partial charge on any atom is -0.436 e. The van der Waals surface area contributed by atoms with Gasteiger partial charge in [-0.3, -0.25) is 10.1 Å². The molecule has 5 atom stereocenters. The zero-order chi connectivity index (χ0) is 18.2. The molecule has 0 saturated heterocycles. The summed E-state index contributed by atoms with van der Waals surface area (Å²) in [6.45, 7) is 9.81. The summed E-state index contributed by atoms with van der Waals surface area (Å²) >= 11 is 6.58. The van der Waals surface area contributed by atoms with Crippen molar-refractivity contribution in [2.45, 2.75) is 38.2 Å². The van der Waals surface area contributed by atoms with E-state index in [0.717, 1.165) is 5.56 Å². The Morgan fingerprint density at radius 1 is 1.28 bits per heavy atom. The normalized spacial score (nSPS) is 41.0. The Morgan fingerprint density at radius 3 is 2.64 bits per heavy atom. The fourth-order valence-electron chi connectivity index (χ4n) is 5.23. The lowest BCUT2D eigenvalue weighted by Crippen LogP contribution is -2.75. The van der Waals surface area contributed by atoms with Crippen LogP contribution >= 0.6 is 11.6 Å². The molecule has 1 N–H and O–H groups in total. The van der Waals surface area contributed by atoms with E-state index < -0.39 is 28.4 Å².